The Kier molecular flexibility index (Phi) is 3.73. The molecule has 0 N–H and O–H groups in total. The Bertz CT molecular complexity index is 742. The molecule has 25 heavy (non-hydrogen) atoms. The van der Waals surface area contributed by atoms with Crippen LogP contribution >= 0.6 is 0 Å². The van der Waals surface area contributed by atoms with Gasteiger partial charge in [-0.3, -0.25) is 4.90 Å². The van der Waals surface area contributed by atoms with E-state index in [1.54, 1.807) is 6.33 Å². The van der Waals surface area contributed by atoms with Gasteiger partial charge in [0.2, 0.25) is 0 Å². The van der Waals surface area contributed by atoms with Crippen LogP contribution in [0.5, 0.6) is 0 Å². The average Bonchev–Trinajstić information content (AvgIpc) is 3.21. The number of rotatable bonds is 4. The first-order valence-corrected chi connectivity index (χ1v) is 9.46. The first-order chi connectivity index (χ1) is 12.2. The number of aromatic nitrogens is 3. The molecule has 2 atom stereocenters. The van der Waals surface area contributed by atoms with Crippen molar-refractivity contribution in [2.24, 2.45) is 11.8 Å². The van der Waals surface area contributed by atoms with Gasteiger partial charge in [-0.2, -0.15) is 0 Å². The molecular formula is C19H25N5O. The maximum Gasteiger partial charge on any atom is 0.133 e. The molecule has 0 amide bonds. The molecule has 2 aromatic heterocycles. The standard InChI is InChI=1S/C19H25N5O/c1-13-5-17(22-25-13)11-23-7-15-9-24(10-16(15)8-23)19-6-18(20-12-21-19)14-3-2-4-14/h5-6,12,14-16H,2-4,7-11H2,1H3. The van der Waals surface area contributed by atoms with Gasteiger partial charge >= 0.3 is 0 Å². The molecule has 0 spiro atoms. The van der Waals surface area contributed by atoms with E-state index in [4.69, 9.17) is 4.52 Å². The zero-order valence-corrected chi connectivity index (χ0v) is 14.8. The molecule has 0 bridgehead atoms. The van der Waals surface area contributed by atoms with E-state index in [2.05, 4.69) is 31.0 Å². The van der Waals surface area contributed by atoms with E-state index >= 15 is 0 Å². The first kappa shape index (κ1) is 15.3. The van der Waals surface area contributed by atoms with Gasteiger partial charge in [0.05, 0.1) is 5.69 Å². The van der Waals surface area contributed by atoms with Crippen LogP contribution in [0.25, 0.3) is 0 Å². The van der Waals surface area contributed by atoms with Gasteiger partial charge in [-0.15, -0.1) is 0 Å². The Morgan fingerprint density at radius 2 is 1.88 bits per heavy atom. The molecular weight excluding hydrogens is 314 g/mol. The fraction of sp³-hybridized carbons (Fsp3) is 0.632. The fourth-order valence-corrected chi connectivity index (χ4v) is 4.59. The summed E-state index contributed by atoms with van der Waals surface area (Å²) in [5, 5.41) is 4.13. The number of hydrogen-bond acceptors (Lipinski definition) is 6. The summed E-state index contributed by atoms with van der Waals surface area (Å²) in [6.45, 7) is 7.37. The smallest absolute Gasteiger partial charge is 0.133 e. The number of fused-ring (bicyclic) bond motifs is 1. The van der Waals surface area contributed by atoms with Crippen molar-refractivity contribution in [3.8, 4) is 0 Å². The Hall–Kier alpha value is -1.95. The van der Waals surface area contributed by atoms with Crippen LogP contribution in [-0.2, 0) is 6.54 Å². The van der Waals surface area contributed by atoms with Crippen LogP contribution in [0.15, 0.2) is 23.0 Å². The third-order valence-electron chi connectivity index (χ3n) is 6.15. The molecule has 6 heteroatoms. The summed E-state index contributed by atoms with van der Waals surface area (Å²) in [4.78, 5) is 14.0. The lowest BCUT2D eigenvalue weighted by molar-refractivity contribution is 0.294. The van der Waals surface area contributed by atoms with Crippen molar-refractivity contribution < 1.29 is 4.52 Å². The van der Waals surface area contributed by atoms with E-state index in [0.29, 0.717) is 5.92 Å². The third kappa shape index (κ3) is 2.92. The lowest BCUT2D eigenvalue weighted by Crippen LogP contribution is -2.29. The topological polar surface area (TPSA) is 58.3 Å². The number of anilines is 1. The van der Waals surface area contributed by atoms with Crippen LogP contribution in [0, 0.1) is 18.8 Å². The fourth-order valence-electron chi connectivity index (χ4n) is 4.59. The predicted octanol–water partition coefficient (Wildman–Crippen LogP) is 2.61. The van der Waals surface area contributed by atoms with Crippen LogP contribution in [0.3, 0.4) is 0 Å². The quantitative estimate of drug-likeness (QED) is 0.853. The lowest BCUT2D eigenvalue weighted by Gasteiger charge is -2.26. The Morgan fingerprint density at radius 1 is 1.08 bits per heavy atom. The largest absolute Gasteiger partial charge is 0.361 e. The summed E-state index contributed by atoms with van der Waals surface area (Å²) in [7, 11) is 0. The van der Waals surface area contributed by atoms with E-state index in [1.807, 2.05) is 13.0 Å². The van der Waals surface area contributed by atoms with Crippen molar-refractivity contribution in [3.05, 3.63) is 35.6 Å². The predicted molar refractivity (Wildman–Crippen MR) is 94.3 cm³/mol. The molecule has 1 aliphatic carbocycles. The molecule has 0 radical (unpaired) electrons. The highest BCUT2D eigenvalue weighted by Crippen LogP contribution is 2.38. The summed E-state index contributed by atoms with van der Waals surface area (Å²) in [6, 6.07) is 4.28. The highest BCUT2D eigenvalue weighted by molar-refractivity contribution is 5.42. The molecule has 1 saturated carbocycles. The van der Waals surface area contributed by atoms with Gasteiger partial charge in [0.1, 0.15) is 17.9 Å². The van der Waals surface area contributed by atoms with Crippen LogP contribution < -0.4 is 4.90 Å². The van der Waals surface area contributed by atoms with Gasteiger partial charge in [0.25, 0.3) is 0 Å². The monoisotopic (exact) mass is 339 g/mol. The summed E-state index contributed by atoms with van der Waals surface area (Å²) < 4.78 is 5.19. The van der Waals surface area contributed by atoms with E-state index < -0.39 is 0 Å². The number of likely N-dealkylation sites (tertiary alicyclic amines) is 1. The van der Waals surface area contributed by atoms with Crippen LogP contribution in [0.1, 0.15) is 42.3 Å². The second kappa shape index (κ2) is 6.09. The maximum atomic E-state index is 5.19. The Morgan fingerprint density at radius 3 is 2.52 bits per heavy atom. The SMILES string of the molecule is Cc1cc(CN2CC3CN(c4cc(C5CCC5)ncn4)CC3C2)no1. The molecule has 3 aliphatic rings. The minimum atomic E-state index is 0.672. The number of hydrogen-bond donors (Lipinski definition) is 0. The van der Waals surface area contributed by atoms with E-state index in [0.717, 1.165) is 61.8 Å². The van der Waals surface area contributed by atoms with E-state index in [1.165, 1.54) is 25.0 Å². The maximum absolute atomic E-state index is 5.19. The lowest BCUT2D eigenvalue weighted by atomic mass is 9.83. The number of aryl methyl sites for hydroxylation is 1. The molecule has 2 saturated heterocycles. The second-order valence-electron chi connectivity index (χ2n) is 7.98. The molecule has 2 aliphatic heterocycles. The third-order valence-corrected chi connectivity index (χ3v) is 6.15. The highest BCUT2D eigenvalue weighted by Gasteiger charge is 2.40. The molecule has 132 valence electrons. The highest BCUT2D eigenvalue weighted by atomic mass is 16.5. The molecule has 4 heterocycles. The molecule has 5 rings (SSSR count). The molecule has 3 fully saturated rings. The van der Waals surface area contributed by atoms with Crippen molar-refractivity contribution in [1.82, 2.24) is 20.0 Å². The van der Waals surface area contributed by atoms with E-state index in [9.17, 15) is 0 Å². The van der Waals surface area contributed by atoms with Gasteiger partial charge in [0.15, 0.2) is 0 Å². The van der Waals surface area contributed by atoms with Crippen molar-refractivity contribution >= 4 is 5.82 Å². The van der Waals surface area contributed by atoms with Crippen molar-refractivity contribution in [2.75, 3.05) is 31.1 Å². The normalized spacial score (nSPS) is 26.8. The van der Waals surface area contributed by atoms with Crippen molar-refractivity contribution in [3.63, 3.8) is 0 Å². The van der Waals surface area contributed by atoms with Crippen LogP contribution in [0.2, 0.25) is 0 Å². The summed E-state index contributed by atoms with van der Waals surface area (Å²) in [5.41, 5.74) is 2.30. The summed E-state index contributed by atoms with van der Waals surface area (Å²) in [5.74, 6) is 4.16. The van der Waals surface area contributed by atoms with Gasteiger partial charge in [0, 0.05) is 56.5 Å². The molecule has 0 aromatic carbocycles. The second-order valence-corrected chi connectivity index (χ2v) is 7.98. The van der Waals surface area contributed by atoms with Gasteiger partial charge in [-0.05, 0) is 31.6 Å². The average molecular weight is 339 g/mol. The first-order valence-electron chi connectivity index (χ1n) is 9.46. The van der Waals surface area contributed by atoms with Crippen LogP contribution in [0.4, 0.5) is 5.82 Å². The zero-order chi connectivity index (χ0) is 16.8. The number of nitrogens with zero attached hydrogens (tertiary/aromatic N) is 5. The van der Waals surface area contributed by atoms with Crippen LogP contribution in [-0.4, -0.2) is 46.2 Å². The summed E-state index contributed by atoms with van der Waals surface area (Å²) >= 11 is 0. The summed E-state index contributed by atoms with van der Waals surface area (Å²) in [6.07, 6.45) is 5.69. The Labute approximate surface area is 148 Å². The Balaban J connectivity index is 1.22. The van der Waals surface area contributed by atoms with E-state index in [-0.39, 0.29) is 0 Å². The van der Waals surface area contributed by atoms with Gasteiger partial charge in [-0.1, -0.05) is 11.6 Å². The van der Waals surface area contributed by atoms with Crippen molar-refractivity contribution in [2.45, 2.75) is 38.6 Å². The van der Waals surface area contributed by atoms with Gasteiger partial charge in [-0.25, -0.2) is 9.97 Å². The molecule has 6 nitrogen and oxygen atoms in total. The zero-order valence-electron chi connectivity index (χ0n) is 14.8. The minimum Gasteiger partial charge on any atom is -0.361 e. The molecule has 2 aromatic rings. The minimum absolute atomic E-state index is 0.672. The van der Waals surface area contributed by atoms with Crippen molar-refractivity contribution in [1.29, 1.82) is 0 Å². The molecule has 2 unspecified atom stereocenters. The van der Waals surface area contributed by atoms with Gasteiger partial charge < -0.3 is 9.42 Å².